The van der Waals surface area contributed by atoms with Crippen LogP contribution in [0.5, 0.6) is 0 Å². The standard InChI is InChI=1S/C18H16ClFN2O2S/c1-10(12-3-6-14(20)7-4-12)21-17(23)11(2)25-18-22-15-9-13(19)5-8-16(15)24-18/h3-11H,1-2H3,(H,21,23). The molecule has 0 spiro atoms. The van der Waals surface area contributed by atoms with E-state index < -0.39 is 5.25 Å². The van der Waals surface area contributed by atoms with E-state index in [0.29, 0.717) is 21.3 Å². The lowest BCUT2D eigenvalue weighted by Crippen LogP contribution is -2.33. The summed E-state index contributed by atoms with van der Waals surface area (Å²) in [7, 11) is 0. The quantitative estimate of drug-likeness (QED) is 0.636. The van der Waals surface area contributed by atoms with Crippen molar-refractivity contribution in [2.24, 2.45) is 0 Å². The van der Waals surface area contributed by atoms with E-state index in [4.69, 9.17) is 16.0 Å². The van der Waals surface area contributed by atoms with Gasteiger partial charge in [-0.1, -0.05) is 35.5 Å². The van der Waals surface area contributed by atoms with Crippen LogP contribution in [0.3, 0.4) is 0 Å². The SMILES string of the molecule is CC(Sc1nc2cc(Cl)ccc2o1)C(=O)NC(C)c1ccc(F)cc1. The van der Waals surface area contributed by atoms with Crippen LogP contribution in [0, 0.1) is 5.82 Å². The number of nitrogens with one attached hydrogen (secondary N) is 1. The third-order valence-electron chi connectivity index (χ3n) is 3.71. The minimum Gasteiger partial charge on any atom is -0.431 e. The fraction of sp³-hybridized carbons (Fsp3) is 0.222. The van der Waals surface area contributed by atoms with Crippen LogP contribution >= 0.6 is 23.4 Å². The minimum absolute atomic E-state index is 0.151. The second-order valence-corrected chi connectivity index (χ2v) is 7.36. The molecule has 0 bridgehead atoms. The van der Waals surface area contributed by atoms with Gasteiger partial charge in [0.1, 0.15) is 11.3 Å². The molecular weight excluding hydrogens is 363 g/mol. The number of rotatable bonds is 5. The molecule has 3 aromatic rings. The third-order valence-corrected chi connectivity index (χ3v) is 4.88. The summed E-state index contributed by atoms with van der Waals surface area (Å²) in [6.45, 7) is 3.63. The molecule has 1 N–H and O–H groups in total. The Kier molecular flexibility index (Phi) is 5.30. The largest absolute Gasteiger partial charge is 0.431 e. The zero-order chi connectivity index (χ0) is 18.0. The van der Waals surface area contributed by atoms with E-state index in [1.165, 1.54) is 23.9 Å². The Bertz CT molecular complexity index is 898. The number of aromatic nitrogens is 1. The van der Waals surface area contributed by atoms with Crippen LogP contribution in [-0.2, 0) is 4.79 Å². The molecule has 1 heterocycles. The van der Waals surface area contributed by atoms with Crippen molar-refractivity contribution < 1.29 is 13.6 Å². The van der Waals surface area contributed by atoms with Crippen molar-refractivity contribution in [2.75, 3.05) is 0 Å². The number of oxazole rings is 1. The molecule has 2 aromatic carbocycles. The number of carbonyl (C=O) groups excluding carboxylic acids is 1. The zero-order valence-electron chi connectivity index (χ0n) is 13.6. The molecule has 0 radical (unpaired) electrons. The first-order valence-electron chi connectivity index (χ1n) is 7.71. The molecule has 0 aliphatic heterocycles. The van der Waals surface area contributed by atoms with Crippen molar-refractivity contribution in [3.8, 4) is 0 Å². The average Bonchev–Trinajstić information content (AvgIpc) is 2.96. The highest BCUT2D eigenvalue weighted by atomic mass is 35.5. The lowest BCUT2D eigenvalue weighted by molar-refractivity contribution is -0.120. The van der Waals surface area contributed by atoms with Gasteiger partial charge in [0.2, 0.25) is 5.91 Å². The van der Waals surface area contributed by atoms with Gasteiger partial charge in [-0.25, -0.2) is 9.37 Å². The number of benzene rings is 2. The van der Waals surface area contributed by atoms with Gasteiger partial charge >= 0.3 is 0 Å². The molecule has 1 aromatic heterocycles. The second kappa shape index (κ2) is 7.45. The first kappa shape index (κ1) is 17.8. The van der Waals surface area contributed by atoms with Crippen molar-refractivity contribution in [2.45, 2.75) is 30.4 Å². The minimum atomic E-state index is -0.397. The normalized spacial score (nSPS) is 13.6. The third kappa shape index (κ3) is 4.32. The predicted molar refractivity (Wildman–Crippen MR) is 97.3 cm³/mol. The maximum atomic E-state index is 13.0. The van der Waals surface area contributed by atoms with Gasteiger partial charge < -0.3 is 9.73 Å². The van der Waals surface area contributed by atoms with Gasteiger partial charge in [-0.05, 0) is 49.7 Å². The fourth-order valence-electron chi connectivity index (χ4n) is 2.30. The van der Waals surface area contributed by atoms with E-state index in [-0.39, 0.29) is 17.8 Å². The number of amides is 1. The highest BCUT2D eigenvalue weighted by molar-refractivity contribution is 8.00. The van der Waals surface area contributed by atoms with Gasteiger partial charge in [0, 0.05) is 5.02 Å². The summed E-state index contributed by atoms with van der Waals surface area (Å²) < 4.78 is 18.6. The first-order valence-corrected chi connectivity index (χ1v) is 8.97. The highest BCUT2D eigenvalue weighted by Crippen LogP contribution is 2.28. The maximum Gasteiger partial charge on any atom is 0.257 e. The van der Waals surface area contributed by atoms with Crippen LogP contribution in [0.4, 0.5) is 4.39 Å². The first-order chi connectivity index (χ1) is 11.9. The van der Waals surface area contributed by atoms with Gasteiger partial charge in [0.05, 0.1) is 11.3 Å². The lowest BCUT2D eigenvalue weighted by Gasteiger charge is -2.17. The molecule has 1 amide bonds. The van der Waals surface area contributed by atoms with Crippen molar-refractivity contribution in [3.05, 3.63) is 58.9 Å². The molecule has 3 rings (SSSR count). The number of thioether (sulfide) groups is 1. The van der Waals surface area contributed by atoms with Gasteiger partial charge in [-0.3, -0.25) is 4.79 Å². The van der Waals surface area contributed by atoms with Gasteiger partial charge in [0.25, 0.3) is 5.22 Å². The molecule has 0 aliphatic rings. The van der Waals surface area contributed by atoms with Crippen LogP contribution in [0.2, 0.25) is 5.02 Å². The molecule has 0 fully saturated rings. The van der Waals surface area contributed by atoms with Crippen molar-refractivity contribution in [1.82, 2.24) is 10.3 Å². The number of nitrogens with zero attached hydrogens (tertiary/aromatic N) is 1. The van der Waals surface area contributed by atoms with E-state index >= 15 is 0 Å². The van der Waals surface area contributed by atoms with E-state index in [2.05, 4.69) is 10.3 Å². The summed E-state index contributed by atoms with van der Waals surface area (Å²) >= 11 is 7.16. The Morgan fingerprint density at radius 1 is 1.24 bits per heavy atom. The molecule has 2 unspecified atom stereocenters. The number of hydrogen-bond donors (Lipinski definition) is 1. The van der Waals surface area contributed by atoms with E-state index in [9.17, 15) is 9.18 Å². The van der Waals surface area contributed by atoms with Crippen molar-refractivity contribution in [3.63, 3.8) is 0 Å². The predicted octanol–water partition coefficient (Wildman–Crippen LogP) is 4.98. The summed E-state index contributed by atoms with van der Waals surface area (Å²) in [4.78, 5) is 16.7. The van der Waals surface area contributed by atoms with E-state index in [1.807, 2.05) is 6.92 Å². The molecule has 0 saturated carbocycles. The lowest BCUT2D eigenvalue weighted by atomic mass is 10.1. The Morgan fingerprint density at radius 3 is 2.68 bits per heavy atom. The summed E-state index contributed by atoms with van der Waals surface area (Å²) in [5.41, 5.74) is 2.12. The Morgan fingerprint density at radius 2 is 1.96 bits per heavy atom. The molecule has 0 aliphatic carbocycles. The van der Waals surface area contributed by atoms with Crippen LogP contribution in [0.25, 0.3) is 11.1 Å². The number of halogens is 2. The van der Waals surface area contributed by atoms with Crippen LogP contribution in [0.1, 0.15) is 25.5 Å². The molecule has 0 saturated heterocycles. The smallest absolute Gasteiger partial charge is 0.257 e. The van der Waals surface area contributed by atoms with Gasteiger partial charge in [0.15, 0.2) is 5.58 Å². The van der Waals surface area contributed by atoms with Crippen molar-refractivity contribution in [1.29, 1.82) is 0 Å². The van der Waals surface area contributed by atoms with Crippen LogP contribution in [-0.4, -0.2) is 16.1 Å². The molecule has 4 nitrogen and oxygen atoms in total. The molecule has 7 heteroatoms. The summed E-state index contributed by atoms with van der Waals surface area (Å²) in [6.07, 6.45) is 0. The highest BCUT2D eigenvalue weighted by Gasteiger charge is 2.20. The number of hydrogen-bond acceptors (Lipinski definition) is 4. The van der Waals surface area contributed by atoms with Gasteiger partial charge in [-0.15, -0.1) is 0 Å². The van der Waals surface area contributed by atoms with E-state index in [1.54, 1.807) is 37.3 Å². The fourth-order valence-corrected chi connectivity index (χ4v) is 3.23. The number of fused-ring (bicyclic) bond motifs is 1. The second-order valence-electron chi connectivity index (χ2n) is 5.63. The Labute approximate surface area is 153 Å². The molecule has 2 atom stereocenters. The summed E-state index contributed by atoms with van der Waals surface area (Å²) in [5.74, 6) is -0.454. The Balaban J connectivity index is 1.64. The molecular formula is C18H16ClFN2O2S. The average molecular weight is 379 g/mol. The summed E-state index contributed by atoms with van der Waals surface area (Å²) in [5, 5.41) is 3.50. The van der Waals surface area contributed by atoms with Crippen molar-refractivity contribution >= 4 is 40.4 Å². The Hall–Kier alpha value is -2.05. The van der Waals surface area contributed by atoms with Gasteiger partial charge in [-0.2, -0.15) is 0 Å². The van der Waals surface area contributed by atoms with Crippen LogP contribution in [0.15, 0.2) is 52.1 Å². The molecule has 130 valence electrons. The van der Waals surface area contributed by atoms with Crippen LogP contribution < -0.4 is 5.32 Å². The maximum absolute atomic E-state index is 13.0. The zero-order valence-corrected chi connectivity index (χ0v) is 15.2. The number of carbonyl (C=O) groups is 1. The topological polar surface area (TPSA) is 55.1 Å². The monoisotopic (exact) mass is 378 g/mol. The molecule has 25 heavy (non-hydrogen) atoms. The van der Waals surface area contributed by atoms with E-state index in [0.717, 1.165) is 5.56 Å². The summed E-state index contributed by atoms with van der Waals surface area (Å²) in [6, 6.07) is 11.0.